The number of hydrogen-bond donors (Lipinski definition) is 2. The first kappa shape index (κ1) is 16.2. The van der Waals surface area contributed by atoms with Crippen LogP contribution in [0.1, 0.15) is 15.9 Å². The van der Waals surface area contributed by atoms with Gasteiger partial charge in [-0.05, 0) is 24.3 Å². The van der Waals surface area contributed by atoms with Gasteiger partial charge in [-0.25, -0.2) is 8.42 Å². The fourth-order valence-electron chi connectivity index (χ4n) is 2.60. The van der Waals surface area contributed by atoms with Gasteiger partial charge >= 0.3 is 0 Å². The second kappa shape index (κ2) is 6.10. The molecule has 0 bridgehead atoms. The molecule has 2 N–H and O–H groups in total. The number of ketones is 1. The van der Waals surface area contributed by atoms with Crippen LogP contribution in [0.3, 0.4) is 0 Å². The molecule has 3 rings (SSSR count). The van der Waals surface area contributed by atoms with Crippen LogP contribution < -0.4 is 0 Å². The molecule has 1 heterocycles. The van der Waals surface area contributed by atoms with Gasteiger partial charge in [0.2, 0.25) is 5.78 Å². The van der Waals surface area contributed by atoms with E-state index >= 15 is 0 Å². The van der Waals surface area contributed by atoms with Crippen molar-refractivity contribution in [2.45, 2.75) is 4.90 Å². The highest BCUT2D eigenvalue weighted by Gasteiger charge is 2.38. The van der Waals surface area contributed by atoms with E-state index in [1.165, 1.54) is 24.3 Å². The molecule has 0 atom stereocenters. The molecule has 1 aliphatic rings. The molecule has 0 amide bonds. The maximum atomic E-state index is 12.8. The number of aliphatic hydroxyl groups excluding tert-OH is 1. The molecule has 24 heavy (non-hydrogen) atoms. The summed E-state index contributed by atoms with van der Waals surface area (Å²) in [5.41, 5.74) is 0.288. The van der Waals surface area contributed by atoms with Crippen LogP contribution in [-0.2, 0) is 10.0 Å². The molecule has 124 valence electrons. The lowest BCUT2D eigenvalue weighted by molar-refractivity contribution is 0.0998. The van der Waals surface area contributed by atoms with Crippen LogP contribution >= 0.6 is 0 Å². The number of carbonyl (C=O) groups excluding carboxylic acids is 1. The zero-order valence-corrected chi connectivity index (χ0v) is 13.4. The van der Waals surface area contributed by atoms with E-state index in [4.69, 9.17) is 0 Å². The van der Waals surface area contributed by atoms with Crippen LogP contribution in [0.2, 0.25) is 0 Å². The second-order valence-electron chi connectivity index (χ2n) is 5.21. The maximum absolute atomic E-state index is 12.8. The molecule has 0 unspecified atom stereocenters. The summed E-state index contributed by atoms with van der Waals surface area (Å²) in [4.78, 5) is 12.7. The molecule has 6 nitrogen and oxygen atoms in total. The molecule has 0 spiro atoms. The Kier molecular flexibility index (Phi) is 4.13. The number of para-hydroxylation sites is 1. The first-order valence-corrected chi connectivity index (χ1v) is 8.68. The normalized spacial score (nSPS) is 17.8. The number of rotatable bonds is 3. The minimum absolute atomic E-state index is 0.0713. The maximum Gasteiger partial charge on any atom is 0.265 e. The summed E-state index contributed by atoms with van der Waals surface area (Å²) in [6.45, 7) is -0.686. The molecule has 0 aliphatic carbocycles. The van der Waals surface area contributed by atoms with E-state index in [-0.39, 0.29) is 28.5 Å². The van der Waals surface area contributed by atoms with Crippen LogP contribution in [-0.4, -0.2) is 41.9 Å². The van der Waals surface area contributed by atoms with E-state index in [2.05, 4.69) is 0 Å². The van der Waals surface area contributed by atoms with E-state index in [1.807, 2.05) is 0 Å². The Labute approximate surface area is 139 Å². The van der Waals surface area contributed by atoms with Gasteiger partial charge < -0.3 is 10.2 Å². The number of sulfonamides is 1. The first-order chi connectivity index (χ1) is 11.5. The largest absolute Gasteiger partial charge is 0.507 e. The molecule has 0 aromatic heterocycles. The van der Waals surface area contributed by atoms with E-state index < -0.39 is 22.4 Å². The van der Waals surface area contributed by atoms with Crippen molar-refractivity contribution in [3.63, 3.8) is 0 Å². The van der Waals surface area contributed by atoms with Crippen molar-refractivity contribution >= 4 is 21.9 Å². The highest BCUT2D eigenvalue weighted by molar-refractivity contribution is 7.89. The van der Waals surface area contributed by atoms with Crippen molar-refractivity contribution in [3.05, 3.63) is 65.4 Å². The second-order valence-corrected chi connectivity index (χ2v) is 7.05. The standard InChI is InChI=1S/C17H15NO5S/c19-10-9-18-14(11-12-5-1-3-7-15(12)20)17(21)13-6-2-4-8-16(13)24(18,22)23/h1-8,11,19-20H,9-10H2/b14-11-. The number of phenols is 1. The Hall–Kier alpha value is -2.64. The van der Waals surface area contributed by atoms with Gasteiger partial charge in [-0.1, -0.05) is 30.3 Å². The molecule has 1 aliphatic heterocycles. The van der Waals surface area contributed by atoms with Gasteiger partial charge in [-0.2, -0.15) is 0 Å². The number of fused-ring (bicyclic) bond motifs is 1. The van der Waals surface area contributed by atoms with Crippen LogP contribution in [0.25, 0.3) is 6.08 Å². The number of β-amino-alcohol motifs (C(OH)–C–C–N with tert-alkyl or cyclic N) is 1. The molecule has 0 fully saturated rings. The van der Waals surface area contributed by atoms with Gasteiger partial charge in [0.05, 0.1) is 18.0 Å². The number of Topliss-reactive ketones (excluding diaryl/α,β-unsaturated/α-hetero) is 1. The Morgan fingerprint density at radius 1 is 1.04 bits per heavy atom. The minimum Gasteiger partial charge on any atom is -0.507 e. The zero-order valence-electron chi connectivity index (χ0n) is 12.6. The third-order valence-corrected chi connectivity index (χ3v) is 5.60. The smallest absolute Gasteiger partial charge is 0.265 e. The number of benzene rings is 2. The molecular formula is C17H15NO5S. The lowest BCUT2D eigenvalue weighted by atomic mass is 10.0. The Morgan fingerprint density at radius 2 is 1.71 bits per heavy atom. The SMILES string of the molecule is O=C1/C(=C/c2ccccc2O)N(CCO)S(=O)(=O)c2ccccc21. The van der Waals surface area contributed by atoms with Gasteiger partial charge in [0.15, 0.2) is 0 Å². The number of hydrogen-bond acceptors (Lipinski definition) is 5. The summed E-state index contributed by atoms with van der Waals surface area (Å²) in [7, 11) is -3.96. The number of allylic oxidation sites excluding steroid dienone is 1. The predicted octanol–water partition coefficient (Wildman–Crippen LogP) is 1.61. The number of aliphatic hydroxyl groups is 1. The summed E-state index contributed by atoms with van der Waals surface area (Å²) in [6.07, 6.45) is 1.32. The van der Waals surface area contributed by atoms with E-state index in [0.717, 1.165) is 4.31 Å². The fraction of sp³-hybridized carbons (Fsp3) is 0.118. The van der Waals surface area contributed by atoms with Gasteiger partial charge in [-0.15, -0.1) is 0 Å². The minimum atomic E-state index is -3.96. The third kappa shape index (κ3) is 2.57. The van der Waals surface area contributed by atoms with Gasteiger partial charge in [-0.3, -0.25) is 9.10 Å². The Balaban J connectivity index is 2.25. The Bertz CT molecular complexity index is 934. The average molecular weight is 345 g/mol. The third-order valence-electron chi connectivity index (χ3n) is 3.73. The topological polar surface area (TPSA) is 94.9 Å². The molecular weight excluding hydrogens is 330 g/mol. The summed E-state index contributed by atoms with van der Waals surface area (Å²) < 4.78 is 26.4. The average Bonchev–Trinajstić information content (AvgIpc) is 2.58. The zero-order chi connectivity index (χ0) is 17.3. The van der Waals surface area contributed by atoms with E-state index in [0.29, 0.717) is 5.56 Å². The predicted molar refractivity (Wildman–Crippen MR) is 87.8 cm³/mol. The highest BCUT2D eigenvalue weighted by atomic mass is 32.2. The number of nitrogens with zero attached hydrogens (tertiary/aromatic N) is 1. The van der Waals surface area contributed by atoms with Crippen LogP contribution in [0.4, 0.5) is 0 Å². The molecule has 0 saturated carbocycles. The van der Waals surface area contributed by atoms with Gasteiger partial charge in [0.25, 0.3) is 10.0 Å². The van der Waals surface area contributed by atoms with Crippen molar-refractivity contribution < 1.29 is 23.4 Å². The lowest BCUT2D eigenvalue weighted by Crippen LogP contribution is -2.40. The van der Waals surface area contributed by atoms with Crippen molar-refractivity contribution in [1.82, 2.24) is 4.31 Å². The Morgan fingerprint density at radius 3 is 2.42 bits per heavy atom. The summed E-state index contributed by atoms with van der Waals surface area (Å²) in [5, 5.41) is 19.1. The summed E-state index contributed by atoms with van der Waals surface area (Å²) in [6, 6.07) is 12.2. The molecule has 0 radical (unpaired) electrons. The van der Waals surface area contributed by atoms with Crippen LogP contribution in [0.5, 0.6) is 5.75 Å². The molecule has 2 aromatic rings. The van der Waals surface area contributed by atoms with Crippen molar-refractivity contribution in [2.24, 2.45) is 0 Å². The molecule has 2 aromatic carbocycles. The number of carbonyl (C=O) groups is 1. The first-order valence-electron chi connectivity index (χ1n) is 7.24. The molecule has 7 heteroatoms. The van der Waals surface area contributed by atoms with Crippen LogP contribution in [0.15, 0.2) is 59.1 Å². The van der Waals surface area contributed by atoms with Gasteiger partial charge in [0.1, 0.15) is 11.4 Å². The molecule has 0 saturated heterocycles. The highest BCUT2D eigenvalue weighted by Crippen LogP contribution is 2.33. The van der Waals surface area contributed by atoms with E-state index in [9.17, 15) is 23.4 Å². The van der Waals surface area contributed by atoms with Gasteiger partial charge in [0, 0.05) is 11.1 Å². The number of phenolic OH excluding ortho intramolecular Hbond substituents is 1. The summed E-state index contributed by atoms with van der Waals surface area (Å²) >= 11 is 0. The quantitative estimate of drug-likeness (QED) is 0.824. The fourth-order valence-corrected chi connectivity index (χ4v) is 4.25. The van der Waals surface area contributed by atoms with Crippen LogP contribution in [0, 0.1) is 0 Å². The van der Waals surface area contributed by atoms with Crippen molar-refractivity contribution in [2.75, 3.05) is 13.2 Å². The lowest BCUT2D eigenvalue weighted by Gasteiger charge is -2.30. The van der Waals surface area contributed by atoms with Crippen molar-refractivity contribution in [3.8, 4) is 5.75 Å². The monoisotopic (exact) mass is 345 g/mol. The van der Waals surface area contributed by atoms with Crippen molar-refractivity contribution in [1.29, 1.82) is 0 Å². The summed E-state index contributed by atoms with van der Waals surface area (Å²) in [5.74, 6) is -0.546. The van der Waals surface area contributed by atoms with E-state index in [1.54, 1.807) is 30.3 Å². The number of aromatic hydroxyl groups is 1.